The largest absolute Gasteiger partial charge is 0.395 e. The summed E-state index contributed by atoms with van der Waals surface area (Å²) in [5.74, 6) is -0.0514. The monoisotopic (exact) mass is 320 g/mol. The molecule has 124 valence electrons. The van der Waals surface area contributed by atoms with Crippen molar-refractivity contribution < 1.29 is 14.8 Å². The van der Waals surface area contributed by atoms with Gasteiger partial charge in [0.25, 0.3) is 5.69 Å². The SMILES string of the molecule is C=CCN1CC[C@H](Nc2cc([N+](=O)[O-])ccc2NCCO)C1=O. The first kappa shape index (κ1) is 16.8. The van der Waals surface area contributed by atoms with Crippen molar-refractivity contribution in [2.24, 2.45) is 0 Å². The van der Waals surface area contributed by atoms with Crippen molar-refractivity contribution in [2.75, 3.05) is 36.9 Å². The van der Waals surface area contributed by atoms with Gasteiger partial charge in [-0.15, -0.1) is 6.58 Å². The smallest absolute Gasteiger partial charge is 0.271 e. The minimum absolute atomic E-state index is 0.0514. The van der Waals surface area contributed by atoms with Crippen LogP contribution >= 0.6 is 0 Å². The van der Waals surface area contributed by atoms with Crippen LogP contribution < -0.4 is 10.6 Å². The molecule has 1 aliphatic heterocycles. The minimum atomic E-state index is -0.485. The number of nitro groups is 1. The van der Waals surface area contributed by atoms with E-state index < -0.39 is 11.0 Å². The Bertz CT molecular complexity index is 605. The highest BCUT2D eigenvalue weighted by Crippen LogP contribution is 2.29. The molecule has 1 aliphatic rings. The summed E-state index contributed by atoms with van der Waals surface area (Å²) in [4.78, 5) is 24.4. The van der Waals surface area contributed by atoms with E-state index in [1.807, 2.05) is 0 Å². The molecule has 23 heavy (non-hydrogen) atoms. The third kappa shape index (κ3) is 3.98. The van der Waals surface area contributed by atoms with Crippen molar-refractivity contribution in [3.05, 3.63) is 41.0 Å². The van der Waals surface area contributed by atoms with Crippen molar-refractivity contribution in [3.8, 4) is 0 Å². The number of non-ortho nitro benzene ring substituents is 1. The molecule has 0 saturated carbocycles. The van der Waals surface area contributed by atoms with Crippen LogP contribution in [0.1, 0.15) is 6.42 Å². The topological polar surface area (TPSA) is 108 Å². The third-order valence-corrected chi connectivity index (χ3v) is 3.62. The van der Waals surface area contributed by atoms with Gasteiger partial charge >= 0.3 is 0 Å². The molecule has 8 heteroatoms. The van der Waals surface area contributed by atoms with E-state index in [2.05, 4.69) is 17.2 Å². The van der Waals surface area contributed by atoms with Gasteiger partial charge in [-0.3, -0.25) is 14.9 Å². The Kier molecular flexibility index (Phi) is 5.53. The van der Waals surface area contributed by atoms with Crippen LogP contribution in [-0.2, 0) is 4.79 Å². The van der Waals surface area contributed by atoms with Gasteiger partial charge in [0, 0.05) is 31.8 Å². The molecule has 2 rings (SSSR count). The first-order valence-corrected chi connectivity index (χ1v) is 7.36. The maximum absolute atomic E-state index is 12.3. The number of amides is 1. The summed E-state index contributed by atoms with van der Waals surface area (Å²) in [5.41, 5.74) is 1.03. The molecule has 1 amide bonds. The quantitative estimate of drug-likeness (QED) is 0.377. The molecule has 1 fully saturated rings. The van der Waals surface area contributed by atoms with Gasteiger partial charge in [-0.25, -0.2) is 0 Å². The summed E-state index contributed by atoms with van der Waals surface area (Å²) < 4.78 is 0. The molecule has 0 radical (unpaired) electrons. The maximum atomic E-state index is 12.3. The van der Waals surface area contributed by atoms with Gasteiger partial charge in [0.05, 0.1) is 22.9 Å². The van der Waals surface area contributed by atoms with Gasteiger partial charge in [0.15, 0.2) is 0 Å². The Morgan fingerprint density at radius 1 is 1.48 bits per heavy atom. The fourth-order valence-corrected chi connectivity index (χ4v) is 2.51. The molecule has 0 aromatic heterocycles. The summed E-state index contributed by atoms with van der Waals surface area (Å²) in [6.45, 7) is 4.98. The average Bonchev–Trinajstić information content (AvgIpc) is 2.87. The highest BCUT2D eigenvalue weighted by molar-refractivity contribution is 5.88. The highest BCUT2D eigenvalue weighted by atomic mass is 16.6. The predicted octanol–water partition coefficient (Wildman–Crippen LogP) is 1.20. The van der Waals surface area contributed by atoms with Crippen LogP contribution in [0.15, 0.2) is 30.9 Å². The van der Waals surface area contributed by atoms with E-state index >= 15 is 0 Å². The zero-order valence-electron chi connectivity index (χ0n) is 12.7. The number of carbonyl (C=O) groups is 1. The summed E-state index contributed by atoms with van der Waals surface area (Å²) >= 11 is 0. The molecule has 1 saturated heterocycles. The highest BCUT2D eigenvalue weighted by Gasteiger charge is 2.31. The number of benzene rings is 1. The van der Waals surface area contributed by atoms with Crippen molar-refractivity contribution >= 4 is 23.0 Å². The molecular weight excluding hydrogens is 300 g/mol. The molecule has 0 unspecified atom stereocenters. The molecule has 1 aromatic carbocycles. The van der Waals surface area contributed by atoms with Crippen molar-refractivity contribution in [3.63, 3.8) is 0 Å². The van der Waals surface area contributed by atoms with Gasteiger partial charge in [-0.2, -0.15) is 0 Å². The fraction of sp³-hybridized carbons (Fsp3) is 0.400. The van der Waals surface area contributed by atoms with E-state index in [4.69, 9.17) is 5.11 Å². The molecule has 8 nitrogen and oxygen atoms in total. The number of hydrogen-bond acceptors (Lipinski definition) is 6. The first-order valence-electron chi connectivity index (χ1n) is 7.36. The Morgan fingerprint density at radius 3 is 2.91 bits per heavy atom. The zero-order valence-corrected chi connectivity index (χ0v) is 12.7. The molecule has 1 aromatic rings. The lowest BCUT2D eigenvalue weighted by Gasteiger charge is -2.18. The van der Waals surface area contributed by atoms with Crippen LogP contribution in [-0.4, -0.2) is 53.1 Å². The summed E-state index contributed by atoms with van der Waals surface area (Å²) in [5, 5.41) is 25.9. The van der Waals surface area contributed by atoms with Crippen LogP contribution in [0.25, 0.3) is 0 Å². The molecule has 1 heterocycles. The van der Waals surface area contributed by atoms with Crippen molar-refractivity contribution in [1.29, 1.82) is 0 Å². The number of nitrogens with zero attached hydrogens (tertiary/aromatic N) is 2. The van der Waals surface area contributed by atoms with E-state index in [0.717, 1.165) is 0 Å². The Hall–Kier alpha value is -2.61. The van der Waals surface area contributed by atoms with Crippen LogP contribution in [0.4, 0.5) is 17.1 Å². The summed E-state index contributed by atoms with van der Waals surface area (Å²) in [6.07, 6.45) is 2.29. The summed E-state index contributed by atoms with van der Waals surface area (Å²) in [6, 6.07) is 3.91. The van der Waals surface area contributed by atoms with Gasteiger partial charge in [-0.05, 0) is 12.5 Å². The van der Waals surface area contributed by atoms with E-state index in [1.54, 1.807) is 17.0 Å². The van der Waals surface area contributed by atoms with Crippen LogP contribution in [0.5, 0.6) is 0 Å². The molecule has 0 aliphatic carbocycles. The number of likely N-dealkylation sites (tertiary alicyclic amines) is 1. The standard InChI is InChI=1S/C15H20N4O4/c1-2-7-18-8-5-13(15(18)21)17-14-10-11(19(22)23)3-4-12(14)16-6-9-20/h2-4,10,13,16-17,20H,1,5-9H2/t13-/m0/s1. The maximum Gasteiger partial charge on any atom is 0.271 e. The second-order valence-corrected chi connectivity index (χ2v) is 5.20. The van der Waals surface area contributed by atoms with Crippen LogP contribution in [0.3, 0.4) is 0 Å². The van der Waals surface area contributed by atoms with Gasteiger partial charge < -0.3 is 20.6 Å². The Morgan fingerprint density at radius 2 is 2.26 bits per heavy atom. The number of carbonyl (C=O) groups excluding carboxylic acids is 1. The molecule has 0 spiro atoms. The van der Waals surface area contributed by atoms with E-state index in [0.29, 0.717) is 37.4 Å². The van der Waals surface area contributed by atoms with E-state index in [1.165, 1.54) is 12.1 Å². The second-order valence-electron chi connectivity index (χ2n) is 5.20. The normalized spacial score (nSPS) is 17.2. The fourth-order valence-electron chi connectivity index (χ4n) is 2.51. The zero-order chi connectivity index (χ0) is 16.8. The lowest BCUT2D eigenvalue weighted by atomic mass is 10.2. The molecule has 3 N–H and O–H groups in total. The van der Waals surface area contributed by atoms with E-state index in [9.17, 15) is 14.9 Å². The van der Waals surface area contributed by atoms with Crippen molar-refractivity contribution in [1.82, 2.24) is 4.90 Å². The number of anilines is 2. The first-order chi connectivity index (χ1) is 11.1. The number of nitrogens with one attached hydrogen (secondary N) is 2. The van der Waals surface area contributed by atoms with Gasteiger partial charge in [0.2, 0.25) is 5.91 Å². The lowest BCUT2D eigenvalue weighted by Crippen LogP contribution is -2.33. The van der Waals surface area contributed by atoms with Crippen LogP contribution in [0, 0.1) is 10.1 Å². The molecular formula is C15H20N4O4. The molecule has 0 bridgehead atoms. The lowest BCUT2D eigenvalue weighted by molar-refractivity contribution is -0.384. The van der Waals surface area contributed by atoms with Crippen LogP contribution in [0.2, 0.25) is 0 Å². The average molecular weight is 320 g/mol. The number of aliphatic hydroxyl groups excluding tert-OH is 1. The van der Waals surface area contributed by atoms with Gasteiger partial charge in [0.1, 0.15) is 6.04 Å². The summed E-state index contributed by atoms with van der Waals surface area (Å²) in [7, 11) is 0. The minimum Gasteiger partial charge on any atom is -0.395 e. The number of aliphatic hydroxyl groups is 1. The van der Waals surface area contributed by atoms with E-state index in [-0.39, 0.29) is 18.2 Å². The number of rotatable bonds is 8. The number of hydrogen-bond donors (Lipinski definition) is 3. The molecule has 1 atom stereocenters. The Labute approximate surface area is 133 Å². The Balaban J connectivity index is 2.19. The second kappa shape index (κ2) is 7.59. The third-order valence-electron chi connectivity index (χ3n) is 3.62. The van der Waals surface area contributed by atoms with Crippen molar-refractivity contribution in [2.45, 2.75) is 12.5 Å². The van der Waals surface area contributed by atoms with Gasteiger partial charge in [-0.1, -0.05) is 6.08 Å². The number of nitro benzene ring substituents is 1. The predicted molar refractivity (Wildman–Crippen MR) is 87.5 cm³/mol.